The minimum Gasteiger partial charge on any atom is -0.497 e. The molecule has 3 aromatic rings. The van der Waals surface area contributed by atoms with Gasteiger partial charge in [-0.3, -0.25) is 24.2 Å². The molecule has 3 aromatic carbocycles. The third-order valence-electron chi connectivity index (χ3n) is 5.88. The first-order chi connectivity index (χ1) is 16.8. The van der Waals surface area contributed by atoms with Crippen LogP contribution < -0.4 is 25.2 Å². The Morgan fingerprint density at radius 3 is 2.11 bits per heavy atom. The van der Waals surface area contributed by atoms with Crippen molar-refractivity contribution < 1.29 is 19.1 Å². The maximum atomic E-state index is 13.6. The number of nitrogens with two attached hydrogens (primary N) is 1. The molecule has 2 N–H and O–H groups in total. The molecular weight excluding hydrogens is 444 g/mol. The molecule has 35 heavy (non-hydrogen) atoms. The molecule has 1 aliphatic rings. The standard InChI is InChI=1S/C27H28N4O4/c1-18(2)30(20-13-15-21(35-3)16-14-20)24(32)17-29-22-11-7-8-12-23(22)31(19-9-5-4-6-10-19)27(34)25(28)26(29)33/h4-16,18,25H,17,28H2,1-3H3. The van der Waals surface area contributed by atoms with Crippen molar-refractivity contribution in [3.8, 4) is 5.75 Å². The Hall–Kier alpha value is -4.17. The quantitative estimate of drug-likeness (QED) is 0.554. The summed E-state index contributed by atoms with van der Waals surface area (Å²) >= 11 is 0. The summed E-state index contributed by atoms with van der Waals surface area (Å²) in [5.74, 6) is -0.819. The molecule has 0 aromatic heterocycles. The number of fused-ring (bicyclic) bond motifs is 1. The van der Waals surface area contributed by atoms with Crippen LogP contribution in [0.3, 0.4) is 0 Å². The zero-order valence-electron chi connectivity index (χ0n) is 19.9. The van der Waals surface area contributed by atoms with Gasteiger partial charge < -0.3 is 15.4 Å². The summed E-state index contributed by atoms with van der Waals surface area (Å²) in [5.41, 5.74) is 8.34. The van der Waals surface area contributed by atoms with Crippen LogP contribution in [0.4, 0.5) is 22.7 Å². The molecule has 0 fully saturated rings. The number of methoxy groups -OCH3 is 1. The Labute approximate surface area is 204 Å². The highest BCUT2D eigenvalue weighted by molar-refractivity contribution is 6.23. The van der Waals surface area contributed by atoms with Crippen LogP contribution in [-0.2, 0) is 14.4 Å². The summed E-state index contributed by atoms with van der Waals surface area (Å²) in [7, 11) is 1.58. The molecule has 0 radical (unpaired) electrons. The number of carbonyl (C=O) groups is 3. The first-order valence-electron chi connectivity index (χ1n) is 11.3. The van der Waals surface area contributed by atoms with Gasteiger partial charge >= 0.3 is 0 Å². The van der Waals surface area contributed by atoms with Crippen LogP contribution in [0, 0.1) is 0 Å². The van der Waals surface area contributed by atoms with E-state index in [1.54, 1.807) is 84.8 Å². The maximum absolute atomic E-state index is 13.6. The van der Waals surface area contributed by atoms with Gasteiger partial charge in [0.2, 0.25) is 5.91 Å². The smallest absolute Gasteiger partial charge is 0.258 e. The van der Waals surface area contributed by atoms with Crippen LogP contribution in [-0.4, -0.2) is 43.5 Å². The summed E-state index contributed by atoms with van der Waals surface area (Å²) in [5, 5.41) is 0. The first kappa shape index (κ1) is 24.0. The van der Waals surface area contributed by atoms with Crippen LogP contribution in [0.2, 0.25) is 0 Å². The van der Waals surface area contributed by atoms with Crippen molar-refractivity contribution in [3.63, 3.8) is 0 Å². The van der Waals surface area contributed by atoms with Crippen LogP contribution in [0.5, 0.6) is 5.75 Å². The Balaban J connectivity index is 1.74. The molecule has 8 heteroatoms. The number of anilines is 4. The highest BCUT2D eigenvalue weighted by Crippen LogP contribution is 2.37. The van der Waals surface area contributed by atoms with Gasteiger partial charge in [0.25, 0.3) is 11.8 Å². The topological polar surface area (TPSA) is 96.2 Å². The molecule has 0 aliphatic carbocycles. The molecular formula is C27H28N4O4. The lowest BCUT2D eigenvalue weighted by atomic mass is 10.2. The minimum absolute atomic E-state index is 0.177. The number of rotatable bonds is 6. The molecule has 0 bridgehead atoms. The number of carbonyl (C=O) groups excluding carboxylic acids is 3. The van der Waals surface area contributed by atoms with E-state index < -0.39 is 17.9 Å². The van der Waals surface area contributed by atoms with Gasteiger partial charge in [0, 0.05) is 17.4 Å². The van der Waals surface area contributed by atoms with E-state index in [-0.39, 0.29) is 18.5 Å². The summed E-state index contributed by atoms with van der Waals surface area (Å²) in [6.07, 6.45) is 0. The van der Waals surface area contributed by atoms with Gasteiger partial charge in [0.05, 0.1) is 18.5 Å². The minimum atomic E-state index is -1.45. The molecule has 8 nitrogen and oxygen atoms in total. The molecule has 1 aliphatic heterocycles. The third-order valence-corrected chi connectivity index (χ3v) is 5.88. The van der Waals surface area contributed by atoms with E-state index in [1.807, 2.05) is 19.9 Å². The van der Waals surface area contributed by atoms with Gasteiger partial charge in [-0.05, 0) is 62.4 Å². The average Bonchev–Trinajstić information content (AvgIpc) is 2.94. The number of ether oxygens (including phenoxy) is 1. The van der Waals surface area contributed by atoms with E-state index in [2.05, 4.69) is 0 Å². The van der Waals surface area contributed by atoms with Crippen LogP contribution in [0.25, 0.3) is 0 Å². The highest BCUT2D eigenvalue weighted by Gasteiger charge is 2.40. The monoisotopic (exact) mass is 472 g/mol. The molecule has 0 spiro atoms. The number of benzene rings is 3. The number of hydrogen-bond donors (Lipinski definition) is 1. The molecule has 1 unspecified atom stereocenters. The average molecular weight is 473 g/mol. The van der Waals surface area contributed by atoms with E-state index >= 15 is 0 Å². The van der Waals surface area contributed by atoms with Crippen molar-refractivity contribution in [1.29, 1.82) is 0 Å². The highest BCUT2D eigenvalue weighted by atomic mass is 16.5. The summed E-state index contributed by atoms with van der Waals surface area (Å²) in [6, 6.07) is 21.5. The van der Waals surface area contributed by atoms with Gasteiger partial charge in [-0.15, -0.1) is 0 Å². The lowest BCUT2D eigenvalue weighted by Gasteiger charge is -2.31. The second kappa shape index (κ2) is 9.99. The molecule has 3 amide bonds. The van der Waals surface area contributed by atoms with Crippen LogP contribution >= 0.6 is 0 Å². The molecule has 0 saturated heterocycles. The first-order valence-corrected chi connectivity index (χ1v) is 11.3. The fourth-order valence-corrected chi connectivity index (χ4v) is 4.22. The summed E-state index contributed by atoms with van der Waals surface area (Å²) in [4.78, 5) is 44.7. The van der Waals surface area contributed by atoms with Gasteiger partial charge in [0.1, 0.15) is 12.3 Å². The molecule has 0 saturated carbocycles. The predicted octanol–water partition coefficient (Wildman–Crippen LogP) is 3.48. The number of amides is 3. The van der Waals surface area contributed by atoms with Gasteiger partial charge in [-0.1, -0.05) is 30.3 Å². The van der Waals surface area contributed by atoms with E-state index in [0.29, 0.717) is 28.5 Å². The fourth-order valence-electron chi connectivity index (χ4n) is 4.22. The number of hydrogen-bond acceptors (Lipinski definition) is 5. The van der Waals surface area contributed by atoms with Crippen molar-refractivity contribution in [2.24, 2.45) is 5.73 Å². The summed E-state index contributed by atoms with van der Waals surface area (Å²) in [6.45, 7) is 3.52. The van der Waals surface area contributed by atoms with Gasteiger partial charge in [-0.2, -0.15) is 0 Å². The second-order valence-electron chi connectivity index (χ2n) is 8.46. The number of nitrogens with zero attached hydrogens (tertiary/aromatic N) is 3. The lowest BCUT2D eigenvalue weighted by molar-refractivity contribution is -0.129. The van der Waals surface area contributed by atoms with Gasteiger partial charge in [-0.25, -0.2) is 0 Å². The van der Waals surface area contributed by atoms with E-state index in [0.717, 1.165) is 0 Å². The molecule has 4 rings (SSSR count). The normalized spacial score (nSPS) is 15.6. The predicted molar refractivity (Wildman–Crippen MR) is 136 cm³/mol. The maximum Gasteiger partial charge on any atom is 0.258 e. The van der Waals surface area contributed by atoms with E-state index in [1.165, 1.54) is 9.80 Å². The molecule has 180 valence electrons. The largest absolute Gasteiger partial charge is 0.497 e. The van der Waals surface area contributed by atoms with Crippen molar-refractivity contribution in [2.75, 3.05) is 28.4 Å². The fraction of sp³-hybridized carbons (Fsp3) is 0.222. The second-order valence-corrected chi connectivity index (χ2v) is 8.46. The Morgan fingerprint density at radius 1 is 0.914 bits per heavy atom. The van der Waals surface area contributed by atoms with Crippen LogP contribution in [0.15, 0.2) is 78.9 Å². The van der Waals surface area contributed by atoms with Gasteiger partial charge in [0.15, 0.2) is 6.04 Å². The number of para-hydroxylation sites is 3. The van der Waals surface area contributed by atoms with E-state index in [9.17, 15) is 14.4 Å². The third kappa shape index (κ3) is 4.61. The summed E-state index contributed by atoms with van der Waals surface area (Å²) < 4.78 is 5.22. The Kier molecular flexibility index (Phi) is 6.84. The SMILES string of the molecule is COc1ccc(N(C(=O)CN2C(=O)C(N)C(=O)N(c3ccccc3)c3ccccc32)C(C)C)cc1. The van der Waals surface area contributed by atoms with Crippen molar-refractivity contribution in [3.05, 3.63) is 78.9 Å². The zero-order chi connectivity index (χ0) is 25.1. The van der Waals surface area contributed by atoms with E-state index in [4.69, 9.17) is 10.5 Å². The molecule has 1 heterocycles. The zero-order valence-corrected chi connectivity index (χ0v) is 19.9. The Bertz CT molecular complexity index is 1230. The molecule has 1 atom stereocenters. The van der Waals surface area contributed by atoms with Crippen LogP contribution in [0.1, 0.15) is 13.8 Å². The Morgan fingerprint density at radius 2 is 1.51 bits per heavy atom. The van der Waals surface area contributed by atoms with Crippen molar-refractivity contribution in [1.82, 2.24) is 0 Å². The lowest BCUT2D eigenvalue weighted by Crippen LogP contribution is -2.53. The van der Waals surface area contributed by atoms with Crippen molar-refractivity contribution in [2.45, 2.75) is 25.9 Å². The van der Waals surface area contributed by atoms with Crippen molar-refractivity contribution >= 4 is 40.5 Å².